The Kier molecular flexibility index (Phi) is 5.98. The van der Waals surface area contributed by atoms with Crippen LogP contribution in [0.1, 0.15) is 5.56 Å². The number of imidazole rings is 1. The molecule has 1 N–H and O–H groups in total. The van der Waals surface area contributed by atoms with Gasteiger partial charge in [0.2, 0.25) is 5.91 Å². The molecule has 0 bridgehead atoms. The van der Waals surface area contributed by atoms with Crippen molar-refractivity contribution in [2.75, 3.05) is 12.3 Å². The van der Waals surface area contributed by atoms with E-state index in [2.05, 4.69) is 10.3 Å². The maximum Gasteiger partial charge on any atom is 0.332 e. The summed E-state index contributed by atoms with van der Waals surface area (Å²) in [7, 11) is 3.16. The zero-order valence-corrected chi connectivity index (χ0v) is 16.3. The molecule has 2 heterocycles. The zero-order valence-electron chi connectivity index (χ0n) is 15.5. The van der Waals surface area contributed by atoms with Gasteiger partial charge in [0.25, 0.3) is 5.56 Å². The monoisotopic (exact) mass is 405 g/mol. The molecule has 0 spiro atoms. The lowest BCUT2D eigenvalue weighted by atomic mass is 10.2. The number of thioether (sulfide) groups is 1. The van der Waals surface area contributed by atoms with Gasteiger partial charge in [-0.3, -0.25) is 14.2 Å². The summed E-state index contributed by atoms with van der Waals surface area (Å²) in [6, 6.07) is 6.55. The zero-order chi connectivity index (χ0) is 20.3. The lowest BCUT2D eigenvalue weighted by molar-refractivity contribution is -0.121. The van der Waals surface area contributed by atoms with Crippen LogP contribution < -0.4 is 16.6 Å². The Balaban J connectivity index is 1.58. The van der Waals surface area contributed by atoms with Crippen LogP contribution in [0.3, 0.4) is 0 Å². The average molecular weight is 405 g/mol. The van der Waals surface area contributed by atoms with E-state index in [0.717, 1.165) is 4.57 Å². The van der Waals surface area contributed by atoms with Crippen LogP contribution in [0, 0.1) is 5.82 Å². The Morgan fingerprint density at radius 1 is 1.25 bits per heavy atom. The minimum absolute atomic E-state index is 0.250. The van der Waals surface area contributed by atoms with E-state index in [9.17, 15) is 18.8 Å². The molecule has 0 radical (unpaired) electrons. The number of nitrogens with one attached hydrogen (secondary N) is 1. The largest absolute Gasteiger partial charge is 0.354 e. The van der Waals surface area contributed by atoms with Crippen LogP contribution >= 0.6 is 11.8 Å². The van der Waals surface area contributed by atoms with Crippen LogP contribution in [0.2, 0.25) is 0 Å². The summed E-state index contributed by atoms with van der Waals surface area (Å²) in [5.41, 5.74) is -0.00476. The fraction of sp³-hybridized carbons (Fsp3) is 0.333. The van der Waals surface area contributed by atoms with E-state index < -0.39 is 17.2 Å². The predicted molar refractivity (Wildman–Crippen MR) is 106 cm³/mol. The van der Waals surface area contributed by atoms with E-state index >= 15 is 0 Å². The molecule has 148 valence electrons. The third-order valence-corrected chi connectivity index (χ3v) is 5.29. The number of hydrogen-bond acceptors (Lipinski definition) is 5. The molecule has 3 aromatic rings. The van der Waals surface area contributed by atoms with E-state index in [1.165, 1.54) is 40.3 Å². The normalized spacial score (nSPS) is 11.1. The van der Waals surface area contributed by atoms with Gasteiger partial charge < -0.3 is 9.88 Å². The molecule has 8 nitrogen and oxygen atoms in total. The maximum absolute atomic E-state index is 13.5. The molecule has 0 fully saturated rings. The first-order chi connectivity index (χ1) is 13.4. The third kappa shape index (κ3) is 4.01. The molecule has 0 saturated heterocycles. The Hall–Kier alpha value is -2.88. The summed E-state index contributed by atoms with van der Waals surface area (Å²) in [6.45, 7) is -0.0222. The van der Waals surface area contributed by atoms with E-state index in [1.54, 1.807) is 25.2 Å². The Morgan fingerprint density at radius 3 is 2.75 bits per heavy atom. The second-order valence-electron chi connectivity index (χ2n) is 6.25. The third-order valence-electron chi connectivity index (χ3n) is 4.29. The van der Waals surface area contributed by atoms with Gasteiger partial charge in [-0.1, -0.05) is 18.2 Å². The standard InChI is InChI=1S/C18H20FN5O3S/c1-22-11-21-16-15(22)17(26)24(18(27)23(16)2)9-14(25)20-7-8-28-10-12-5-3-4-6-13(12)19/h3-6,11H,7-10H2,1-2H3,(H,20,25). The summed E-state index contributed by atoms with van der Waals surface area (Å²) in [5, 5.41) is 2.68. The topological polar surface area (TPSA) is 90.9 Å². The van der Waals surface area contributed by atoms with Gasteiger partial charge in [0.1, 0.15) is 12.4 Å². The van der Waals surface area contributed by atoms with Crippen molar-refractivity contribution < 1.29 is 9.18 Å². The molecule has 0 aliphatic carbocycles. The summed E-state index contributed by atoms with van der Waals surface area (Å²) in [6.07, 6.45) is 1.45. The van der Waals surface area contributed by atoms with Crippen molar-refractivity contribution in [1.29, 1.82) is 0 Å². The Bertz CT molecular complexity index is 1130. The highest BCUT2D eigenvalue weighted by molar-refractivity contribution is 7.98. The van der Waals surface area contributed by atoms with Gasteiger partial charge in [0, 0.05) is 32.1 Å². The predicted octanol–water partition coefficient (Wildman–Crippen LogP) is 0.622. The number of aromatic nitrogens is 4. The molecular formula is C18H20FN5O3S. The summed E-state index contributed by atoms with van der Waals surface area (Å²) < 4.78 is 17.2. The number of benzene rings is 1. The molecule has 0 aliphatic heterocycles. The minimum Gasteiger partial charge on any atom is -0.354 e. The molecule has 0 aliphatic rings. The maximum atomic E-state index is 13.5. The number of amides is 1. The summed E-state index contributed by atoms with van der Waals surface area (Å²) in [4.78, 5) is 41.1. The van der Waals surface area contributed by atoms with Crippen LogP contribution in [0.4, 0.5) is 4.39 Å². The highest BCUT2D eigenvalue weighted by Crippen LogP contribution is 2.14. The second kappa shape index (κ2) is 8.42. The molecule has 3 rings (SSSR count). The first-order valence-electron chi connectivity index (χ1n) is 8.59. The number of carbonyl (C=O) groups excluding carboxylic acids is 1. The Morgan fingerprint density at radius 2 is 2.00 bits per heavy atom. The number of fused-ring (bicyclic) bond motifs is 1. The SMILES string of the molecule is Cn1cnc2c1c(=O)n(CC(=O)NCCSCc1ccccc1F)c(=O)n2C. The highest BCUT2D eigenvalue weighted by atomic mass is 32.2. The van der Waals surface area contributed by atoms with Crippen molar-refractivity contribution >= 4 is 28.8 Å². The number of aryl methyl sites for hydroxylation is 2. The first-order valence-corrected chi connectivity index (χ1v) is 9.74. The quantitative estimate of drug-likeness (QED) is 0.582. The van der Waals surface area contributed by atoms with Crippen molar-refractivity contribution in [2.24, 2.45) is 14.1 Å². The van der Waals surface area contributed by atoms with Crippen LogP contribution in [0.5, 0.6) is 0 Å². The molecule has 1 aromatic carbocycles. The van der Waals surface area contributed by atoms with Gasteiger partial charge in [-0.25, -0.2) is 18.7 Å². The number of carbonyl (C=O) groups is 1. The minimum atomic E-state index is -0.597. The van der Waals surface area contributed by atoms with Gasteiger partial charge in [0.05, 0.1) is 6.33 Å². The molecule has 28 heavy (non-hydrogen) atoms. The molecule has 0 saturated carbocycles. The fourth-order valence-corrected chi connectivity index (χ4v) is 3.64. The van der Waals surface area contributed by atoms with Crippen molar-refractivity contribution in [2.45, 2.75) is 12.3 Å². The van der Waals surface area contributed by atoms with Gasteiger partial charge in [-0.2, -0.15) is 11.8 Å². The smallest absolute Gasteiger partial charge is 0.332 e. The molecule has 1 amide bonds. The number of halogens is 1. The van der Waals surface area contributed by atoms with Crippen molar-refractivity contribution in [1.82, 2.24) is 24.0 Å². The second-order valence-corrected chi connectivity index (χ2v) is 7.36. The van der Waals surface area contributed by atoms with Crippen LogP contribution in [-0.4, -0.2) is 36.9 Å². The molecular weight excluding hydrogens is 385 g/mol. The van der Waals surface area contributed by atoms with Gasteiger partial charge in [-0.05, 0) is 11.6 Å². The van der Waals surface area contributed by atoms with E-state index in [0.29, 0.717) is 23.6 Å². The van der Waals surface area contributed by atoms with Crippen LogP contribution in [0.25, 0.3) is 11.2 Å². The van der Waals surface area contributed by atoms with Crippen LogP contribution in [-0.2, 0) is 31.2 Å². The van der Waals surface area contributed by atoms with E-state index in [1.807, 2.05) is 0 Å². The lowest BCUT2D eigenvalue weighted by Gasteiger charge is -2.09. The molecule has 10 heteroatoms. The van der Waals surface area contributed by atoms with Crippen molar-refractivity contribution in [3.8, 4) is 0 Å². The first kappa shape index (κ1) is 19.9. The van der Waals surface area contributed by atoms with E-state index in [-0.39, 0.29) is 23.5 Å². The van der Waals surface area contributed by atoms with E-state index in [4.69, 9.17) is 0 Å². The molecule has 0 atom stereocenters. The van der Waals surface area contributed by atoms with Crippen molar-refractivity contribution in [3.05, 3.63) is 62.8 Å². The number of rotatable bonds is 7. The summed E-state index contributed by atoms with van der Waals surface area (Å²) >= 11 is 1.48. The summed E-state index contributed by atoms with van der Waals surface area (Å²) in [5.74, 6) is 0.389. The molecule has 2 aromatic heterocycles. The van der Waals surface area contributed by atoms with Crippen LogP contribution in [0.15, 0.2) is 40.2 Å². The van der Waals surface area contributed by atoms with Crippen molar-refractivity contribution in [3.63, 3.8) is 0 Å². The average Bonchev–Trinajstić information content (AvgIpc) is 3.06. The number of hydrogen-bond donors (Lipinski definition) is 1. The van der Waals surface area contributed by atoms with Gasteiger partial charge in [-0.15, -0.1) is 0 Å². The fourth-order valence-electron chi connectivity index (χ4n) is 2.80. The Labute approximate surface area is 164 Å². The molecule has 0 unspecified atom stereocenters. The highest BCUT2D eigenvalue weighted by Gasteiger charge is 2.16. The lowest BCUT2D eigenvalue weighted by Crippen LogP contribution is -2.43. The number of nitrogens with zero attached hydrogens (tertiary/aromatic N) is 4. The van der Waals surface area contributed by atoms with Gasteiger partial charge >= 0.3 is 5.69 Å². The van der Waals surface area contributed by atoms with Gasteiger partial charge in [0.15, 0.2) is 11.2 Å².